The smallest absolute Gasteiger partial charge is 0.404 e. The molecule has 4 rings (SSSR count). The van der Waals surface area contributed by atoms with Gasteiger partial charge >= 0.3 is 6.09 Å². The summed E-state index contributed by atoms with van der Waals surface area (Å²) >= 11 is 6.35. The molecule has 1 saturated carbocycles. The predicted octanol–water partition coefficient (Wildman–Crippen LogP) is 4.20. The van der Waals surface area contributed by atoms with Gasteiger partial charge in [-0.1, -0.05) is 23.7 Å². The number of rotatable bonds is 7. The van der Waals surface area contributed by atoms with Gasteiger partial charge in [-0.25, -0.2) is 19.4 Å². The number of benzene rings is 1. The number of carboxylic acid groups (broad SMARTS) is 1. The van der Waals surface area contributed by atoms with Gasteiger partial charge in [-0.05, 0) is 43.7 Å². The van der Waals surface area contributed by atoms with Crippen molar-refractivity contribution in [2.75, 3.05) is 13.7 Å². The van der Waals surface area contributed by atoms with Crippen molar-refractivity contribution in [3.8, 4) is 28.4 Å². The molecule has 2 aromatic heterocycles. The molecule has 3 aromatic rings. The van der Waals surface area contributed by atoms with Crippen molar-refractivity contribution in [2.24, 2.45) is 5.92 Å². The third kappa shape index (κ3) is 4.94. The Morgan fingerprint density at radius 3 is 2.78 bits per heavy atom. The van der Waals surface area contributed by atoms with Crippen molar-refractivity contribution in [2.45, 2.75) is 31.7 Å². The summed E-state index contributed by atoms with van der Waals surface area (Å²) in [5, 5.41) is 16.1. The summed E-state index contributed by atoms with van der Waals surface area (Å²) in [6.07, 6.45) is 7.28. The number of aromatic nitrogens is 4. The lowest BCUT2D eigenvalue weighted by Crippen LogP contribution is -2.37. The molecule has 1 aliphatic rings. The number of carbonyl (C=O) groups is 1. The van der Waals surface area contributed by atoms with Gasteiger partial charge in [0.05, 0.1) is 19.9 Å². The fraction of sp³-hybridized carbons (Fsp3) is 0.364. The zero-order valence-corrected chi connectivity index (χ0v) is 18.3. The first kappa shape index (κ1) is 21.9. The van der Waals surface area contributed by atoms with E-state index in [-0.39, 0.29) is 11.2 Å². The number of hydrogen-bond acceptors (Lipinski definition) is 6. The molecule has 1 aromatic carbocycles. The molecule has 0 atom stereocenters. The topological polar surface area (TPSA) is 111 Å². The number of nitrogens with one attached hydrogen (secondary N) is 1. The number of halogens is 1. The minimum atomic E-state index is -0.976. The van der Waals surface area contributed by atoms with Gasteiger partial charge in [0.1, 0.15) is 23.5 Å². The fourth-order valence-electron chi connectivity index (χ4n) is 3.93. The van der Waals surface area contributed by atoms with Crippen LogP contribution >= 0.6 is 11.6 Å². The van der Waals surface area contributed by atoms with E-state index >= 15 is 0 Å². The van der Waals surface area contributed by atoms with Crippen molar-refractivity contribution in [3.63, 3.8) is 0 Å². The van der Waals surface area contributed by atoms with Crippen molar-refractivity contribution < 1.29 is 19.4 Å². The van der Waals surface area contributed by atoms with Crippen LogP contribution in [0, 0.1) is 5.92 Å². The van der Waals surface area contributed by atoms with Crippen LogP contribution in [0.2, 0.25) is 5.15 Å². The van der Waals surface area contributed by atoms with E-state index in [0.29, 0.717) is 29.7 Å². The van der Waals surface area contributed by atoms with Crippen LogP contribution in [0.4, 0.5) is 4.79 Å². The molecule has 1 amide bonds. The van der Waals surface area contributed by atoms with E-state index in [0.717, 1.165) is 36.9 Å². The third-order valence-electron chi connectivity index (χ3n) is 5.59. The summed E-state index contributed by atoms with van der Waals surface area (Å²) in [7, 11) is 1.62. The molecule has 1 aliphatic carbocycles. The summed E-state index contributed by atoms with van der Waals surface area (Å²) in [4.78, 5) is 19.3. The molecule has 32 heavy (non-hydrogen) atoms. The Hall–Kier alpha value is -3.33. The largest absolute Gasteiger partial charge is 0.494 e. The molecule has 0 unspecified atom stereocenters. The summed E-state index contributed by atoms with van der Waals surface area (Å²) in [6.45, 7) is 0.459. The number of hydrogen-bond donors (Lipinski definition) is 2. The third-order valence-corrected chi connectivity index (χ3v) is 5.86. The second-order valence-electron chi connectivity index (χ2n) is 7.67. The quantitative estimate of drug-likeness (QED) is 0.511. The lowest BCUT2D eigenvalue weighted by molar-refractivity contribution is 0.169. The van der Waals surface area contributed by atoms with Gasteiger partial charge in [0, 0.05) is 17.8 Å². The lowest BCUT2D eigenvalue weighted by Gasteiger charge is -2.28. The Morgan fingerprint density at radius 1 is 1.25 bits per heavy atom. The maximum atomic E-state index is 10.8. The van der Waals surface area contributed by atoms with Crippen LogP contribution in [0.15, 0.2) is 43.0 Å². The molecule has 10 heteroatoms. The van der Waals surface area contributed by atoms with Gasteiger partial charge in [0.25, 0.3) is 0 Å². The molecule has 9 nitrogen and oxygen atoms in total. The second-order valence-corrected chi connectivity index (χ2v) is 8.02. The van der Waals surface area contributed by atoms with Gasteiger partial charge in [0.15, 0.2) is 10.9 Å². The van der Waals surface area contributed by atoms with Crippen LogP contribution in [0.25, 0.3) is 16.9 Å². The van der Waals surface area contributed by atoms with Crippen LogP contribution < -0.4 is 14.8 Å². The number of para-hydroxylation sites is 2. The summed E-state index contributed by atoms with van der Waals surface area (Å²) in [5.74, 6) is 1.43. The van der Waals surface area contributed by atoms with Crippen LogP contribution in [0.1, 0.15) is 25.7 Å². The summed E-state index contributed by atoms with van der Waals surface area (Å²) in [6, 6.07) is 7.59. The number of ether oxygens (including phenoxy) is 2. The van der Waals surface area contributed by atoms with Gasteiger partial charge in [-0.15, -0.1) is 0 Å². The average Bonchev–Trinajstić information content (AvgIpc) is 3.28. The highest BCUT2D eigenvalue weighted by Crippen LogP contribution is 2.35. The maximum absolute atomic E-state index is 10.8. The summed E-state index contributed by atoms with van der Waals surface area (Å²) in [5.41, 5.74) is 2.10. The molecule has 2 heterocycles. The van der Waals surface area contributed by atoms with E-state index in [1.807, 2.05) is 30.5 Å². The van der Waals surface area contributed by atoms with E-state index < -0.39 is 6.09 Å². The maximum Gasteiger partial charge on any atom is 0.404 e. The van der Waals surface area contributed by atoms with Gasteiger partial charge in [-0.2, -0.15) is 5.10 Å². The molecule has 1 fully saturated rings. The highest BCUT2D eigenvalue weighted by atomic mass is 35.5. The van der Waals surface area contributed by atoms with Crippen molar-refractivity contribution in [1.82, 2.24) is 25.1 Å². The number of nitrogens with zero attached hydrogens (tertiary/aromatic N) is 4. The normalized spacial score (nSPS) is 18.2. The molecule has 0 spiro atoms. The van der Waals surface area contributed by atoms with Crippen molar-refractivity contribution >= 4 is 17.7 Å². The minimum Gasteiger partial charge on any atom is -0.494 e. The molecular weight excluding hydrogens is 434 g/mol. The van der Waals surface area contributed by atoms with Gasteiger partial charge < -0.3 is 19.9 Å². The standard InChI is InChI=1S/C22H24ClN5O4/c1-31-18-5-3-2-4-17(18)28-11-15(10-26-28)19-20(21(23)25-13-24-19)32-12-14-6-8-16(9-7-14)27-22(29)30/h2-5,10-11,13-14,16,27H,6-9,12H2,1H3,(H,29,30)/t14-,16+. The highest BCUT2D eigenvalue weighted by Gasteiger charge is 2.24. The Balaban J connectivity index is 1.49. The minimum absolute atomic E-state index is 0.00349. The van der Waals surface area contributed by atoms with E-state index in [2.05, 4.69) is 20.4 Å². The van der Waals surface area contributed by atoms with E-state index in [1.54, 1.807) is 18.0 Å². The van der Waals surface area contributed by atoms with Crippen LogP contribution in [0.3, 0.4) is 0 Å². The van der Waals surface area contributed by atoms with E-state index in [1.165, 1.54) is 6.33 Å². The Bertz CT molecular complexity index is 1080. The first-order valence-electron chi connectivity index (χ1n) is 10.4. The Morgan fingerprint density at radius 2 is 2.03 bits per heavy atom. The second kappa shape index (κ2) is 9.86. The zero-order valence-electron chi connectivity index (χ0n) is 17.6. The molecule has 0 saturated heterocycles. The highest BCUT2D eigenvalue weighted by molar-refractivity contribution is 6.31. The van der Waals surface area contributed by atoms with Crippen LogP contribution in [0.5, 0.6) is 11.5 Å². The molecule has 168 valence electrons. The average molecular weight is 458 g/mol. The Labute approximate surface area is 190 Å². The molecule has 2 N–H and O–H groups in total. The number of amides is 1. The molecular formula is C22H24ClN5O4. The van der Waals surface area contributed by atoms with Gasteiger partial charge in [-0.3, -0.25) is 0 Å². The lowest BCUT2D eigenvalue weighted by atomic mass is 9.86. The molecule has 0 radical (unpaired) electrons. The van der Waals surface area contributed by atoms with Crippen LogP contribution in [-0.4, -0.2) is 50.7 Å². The fourth-order valence-corrected chi connectivity index (χ4v) is 4.12. The first-order valence-corrected chi connectivity index (χ1v) is 10.7. The summed E-state index contributed by atoms with van der Waals surface area (Å²) < 4.78 is 13.2. The SMILES string of the molecule is COc1ccccc1-n1cc(-c2ncnc(Cl)c2OC[C@H]2CC[C@@H](NC(=O)O)CC2)cn1. The van der Waals surface area contributed by atoms with Gasteiger partial charge in [0.2, 0.25) is 0 Å². The van der Waals surface area contributed by atoms with E-state index in [4.69, 9.17) is 26.2 Å². The number of methoxy groups -OCH3 is 1. The Kier molecular flexibility index (Phi) is 6.75. The first-order chi connectivity index (χ1) is 15.5. The van der Waals surface area contributed by atoms with Crippen molar-refractivity contribution in [3.05, 3.63) is 48.1 Å². The molecule has 0 aliphatic heterocycles. The van der Waals surface area contributed by atoms with Crippen LogP contribution in [-0.2, 0) is 0 Å². The monoisotopic (exact) mass is 457 g/mol. The van der Waals surface area contributed by atoms with Crippen molar-refractivity contribution in [1.29, 1.82) is 0 Å². The zero-order chi connectivity index (χ0) is 22.5. The predicted molar refractivity (Wildman–Crippen MR) is 119 cm³/mol. The van der Waals surface area contributed by atoms with E-state index in [9.17, 15) is 4.79 Å². The molecule has 0 bridgehead atoms.